The number of nitrogens with two attached hydrogens (primary N) is 1. The minimum Gasteiger partial charge on any atom is -0.383 e. The van der Waals surface area contributed by atoms with Gasteiger partial charge in [0.15, 0.2) is 0 Å². The molecule has 1 rings (SSSR count). The van der Waals surface area contributed by atoms with Crippen molar-refractivity contribution in [2.75, 3.05) is 0 Å². The Balaban J connectivity index is 2.84. The molecule has 1 heterocycles. The lowest BCUT2D eigenvalue weighted by Gasteiger charge is -1.98. The molecule has 0 bridgehead atoms. The van der Waals surface area contributed by atoms with E-state index in [1.165, 1.54) is 0 Å². The Hall–Kier alpha value is -0.350. The molecule has 0 amide bonds. The molecule has 2 N–H and O–H groups in total. The zero-order valence-corrected chi connectivity index (χ0v) is 9.45. The fourth-order valence-electron chi connectivity index (χ4n) is 0.794. The minimum atomic E-state index is 0.255. The normalized spacial score (nSPS) is 12.5. The van der Waals surface area contributed by atoms with Crippen molar-refractivity contribution in [3.05, 3.63) is 20.8 Å². The van der Waals surface area contributed by atoms with E-state index in [4.69, 9.17) is 5.73 Å². The van der Waals surface area contributed by atoms with Crippen molar-refractivity contribution >= 4 is 33.1 Å². The van der Waals surface area contributed by atoms with Crippen molar-refractivity contribution in [3.8, 4) is 0 Å². The molecule has 4 heteroatoms. The number of aliphatic imine (C=N–C) groups is 1. The first-order chi connectivity index (χ1) is 5.59. The molecule has 0 aliphatic heterocycles. The third kappa shape index (κ3) is 2.60. The fraction of sp³-hybridized carbons (Fsp3) is 0.375. The average Bonchev–Trinajstić information content (AvgIpc) is 2.34. The van der Waals surface area contributed by atoms with E-state index in [0.29, 0.717) is 5.84 Å². The number of thiophene rings is 1. The Bertz CT molecular complexity index is 291. The Kier molecular flexibility index (Phi) is 3.29. The SMILES string of the molecule is CC(C)N=C(N)c1ccc(Br)s1. The summed E-state index contributed by atoms with van der Waals surface area (Å²) in [6.45, 7) is 4.02. The van der Waals surface area contributed by atoms with Gasteiger partial charge < -0.3 is 5.73 Å². The highest BCUT2D eigenvalue weighted by atomic mass is 79.9. The summed E-state index contributed by atoms with van der Waals surface area (Å²) < 4.78 is 1.08. The highest BCUT2D eigenvalue weighted by Gasteiger charge is 2.01. The van der Waals surface area contributed by atoms with Crippen LogP contribution in [0.3, 0.4) is 0 Å². The Morgan fingerprint density at radius 3 is 2.67 bits per heavy atom. The molecule has 0 fully saturated rings. The summed E-state index contributed by atoms with van der Waals surface area (Å²) in [7, 11) is 0. The van der Waals surface area contributed by atoms with Gasteiger partial charge in [-0.05, 0) is 41.9 Å². The van der Waals surface area contributed by atoms with Gasteiger partial charge in [0.05, 0.1) is 8.66 Å². The number of hydrogen-bond acceptors (Lipinski definition) is 2. The van der Waals surface area contributed by atoms with Gasteiger partial charge in [-0.25, -0.2) is 0 Å². The molecule has 0 saturated heterocycles. The molecule has 0 unspecified atom stereocenters. The lowest BCUT2D eigenvalue weighted by atomic mass is 10.4. The van der Waals surface area contributed by atoms with Gasteiger partial charge in [-0.1, -0.05) is 0 Å². The molecule has 0 saturated carbocycles. The minimum absolute atomic E-state index is 0.255. The van der Waals surface area contributed by atoms with Gasteiger partial charge in [-0.15, -0.1) is 11.3 Å². The van der Waals surface area contributed by atoms with Crippen LogP contribution in [-0.2, 0) is 0 Å². The summed E-state index contributed by atoms with van der Waals surface area (Å²) in [5.41, 5.74) is 5.75. The van der Waals surface area contributed by atoms with Crippen LogP contribution in [0.15, 0.2) is 20.9 Å². The van der Waals surface area contributed by atoms with Gasteiger partial charge in [0.25, 0.3) is 0 Å². The maximum atomic E-state index is 5.75. The first-order valence-corrected chi connectivity index (χ1v) is 5.29. The van der Waals surface area contributed by atoms with Crippen molar-refractivity contribution in [2.24, 2.45) is 10.7 Å². The molecule has 2 nitrogen and oxygen atoms in total. The third-order valence-corrected chi connectivity index (χ3v) is 2.87. The van der Waals surface area contributed by atoms with Gasteiger partial charge in [0.1, 0.15) is 5.84 Å². The fourth-order valence-corrected chi connectivity index (χ4v) is 2.09. The smallest absolute Gasteiger partial charge is 0.136 e. The molecule has 12 heavy (non-hydrogen) atoms. The predicted octanol–water partition coefficient (Wildman–Crippen LogP) is 2.62. The Morgan fingerprint density at radius 2 is 2.25 bits per heavy atom. The molecular formula is C8H11BrN2S. The molecule has 66 valence electrons. The molecule has 0 radical (unpaired) electrons. The molecule has 0 spiro atoms. The molecular weight excluding hydrogens is 236 g/mol. The number of amidine groups is 1. The topological polar surface area (TPSA) is 38.4 Å². The van der Waals surface area contributed by atoms with E-state index in [1.807, 2.05) is 26.0 Å². The molecule has 1 aromatic rings. The van der Waals surface area contributed by atoms with Crippen LogP contribution in [-0.4, -0.2) is 11.9 Å². The summed E-state index contributed by atoms with van der Waals surface area (Å²) in [5, 5.41) is 0. The second-order valence-electron chi connectivity index (χ2n) is 2.71. The van der Waals surface area contributed by atoms with Crippen molar-refractivity contribution in [1.29, 1.82) is 0 Å². The van der Waals surface area contributed by atoms with Gasteiger partial charge in [0, 0.05) is 6.04 Å². The standard InChI is InChI=1S/C8H11BrN2S/c1-5(2)11-8(10)6-3-4-7(9)12-6/h3-5H,1-2H3,(H2,10,11). The van der Waals surface area contributed by atoms with Crippen molar-refractivity contribution in [2.45, 2.75) is 19.9 Å². The highest BCUT2D eigenvalue weighted by molar-refractivity contribution is 9.11. The van der Waals surface area contributed by atoms with E-state index in [9.17, 15) is 0 Å². The quantitative estimate of drug-likeness (QED) is 0.633. The molecule has 0 aliphatic rings. The van der Waals surface area contributed by atoms with Crippen molar-refractivity contribution in [1.82, 2.24) is 0 Å². The van der Waals surface area contributed by atoms with Crippen LogP contribution in [0.5, 0.6) is 0 Å². The highest BCUT2D eigenvalue weighted by Crippen LogP contribution is 2.21. The zero-order chi connectivity index (χ0) is 9.14. The van der Waals surface area contributed by atoms with Gasteiger partial charge in [0.2, 0.25) is 0 Å². The van der Waals surface area contributed by atoms with E-state index in [-0.39, 0.29) is 6.04 Å². The van der Waals surface area contributed by atoms with E-state index >= 15 is 0 Å². The summed E-state index contributed by atoms with van der Waals surface area (Å²) in [6, 6.07) is 4.20. The summed E-state index contributed by atoms with van der Waals surface area (Å²) in [4.78, 5) is 5.27. The third-order valence-electron chi connectivity index (χ3n) is 1.22. The number of rotatable bonds is 2. The van der Waals surface area contributed by atoms with Gasteiger partial charge >= 0.3 is 0 Å². The van der Waals surface area contributed by atoms with Crippen LogP contribution in [0, 0.1) is 0 Å². The van der Waals surface area contributed by atoms with E-state index in [0.717, 1.165) is 8.66 Å². The largest absolute Gasteiger partial charge is 0.383 e. The van der Waals surface area contributed by atoms with Crippen LogP contribution in [0.1, 0.15) is 18.7 Å². The van der Waals surface area contributed by atoms with Gasteiger partial charge in [-0.2, -0.15) is 0 Å². The van der Waals surface area contributed by atoms with Crippen LogP contribution < -0.4 is 5.73 Å². The first-order valence-electron chi connectivity index (χ1n) is 3.68. The summed E-state index contributed by atoms with van der Waals surface area (Å²) >= 11 is 4.97. The Morgan fingerprint density at radius 1 is 1.58 bits per heavy atom. The summed E-state index contributed by atoms with van der Waals surface area (Å²) in [6.07, 6.45) is 0. The molecule has 0 aromatic carbocycles. The second-order valence-corrected chi connectivity index (χ2v) is 5.17. The van der Waals surface area contributed by atoms with Crippen LogP contribution >= 0.6 is 27.3 Å². The molecule has 1 aromatic heterocycles. The predicted molar refractivity (Wildman–Crippen MR) is 57.9 cm³/mol. The van der Waals surface area contributed by atoms with Crippen LogP contribution in [0.2, 0.25) is 0 Å². The monoisotopic (exact) mass is 246 g/mol. The lowest BCUT2D eigenvalue weighted by Crippen LogP contribution is -2.13. The Labute approximate surface area is 84.6 Å². The maximum absolute atomic E-state index is 5.75. The zero-order valence-electron chi connectivity index (χ0n) is 7.04. The van der Waals surface area contributed by atoms with E-state index < -0.39 is 0 Å². The van der Waals surface area contributed by atoms with Gasteiger partial charge in [-0.3, -0.25) is 4.99 Å². The number of hydrogen-bond donors (Lipinski definition) is 1. The van der Waals surface area contributed by atoms with Crippen molar-refractivity contribution < 1.29 is 0 Å². The van der Waals surface area contributed by atoms with Crippen LogP contribution in [0.4, 0.5) is 0 Å². The first kappa shape index (κ1) is 9.74. The second kappa shape index (κ2) is 4.05. The number of halogens is 1. The van der Waals surface area contributed by atoms with E-state index in [2.05, 4.69) is 20.9 Å². The lowest BCUT2D eigenvalue weighted by molar-refractivity contribution is 0.835. The van der Waals surface area contributed by atoms with E-state index in [1.54, 1.807) is 11.3 Å². The van der Waals surface area contributed by atoms with Crippen LogP contribution in [0.25, 0.3) is 0 Å². The molecule has 0 aliphatic carbocycles. The number of nitrogens with zero attached hydrogens (tertiary/aromatic N) is 1. The van der Waals surface area contributed by atoms with Crippen molar-refractivity contribution in [3.63, 3.8) is 0 Å². The molecule has 0 atom stereocenters. The average molecular weight is 247 g/mol. The maximum Gasteiger partial charge on any atom is 0.136 e. The summed E-state index contributed by atoms with van der Waals surface area (Å²) in [5.74, 6) is 0.626.